The van der Waals surface area contributed by atoms with E-state index in [1.54, 1.807) is 13.8 Å². The first kappa shape index (κ1) is 20.1. The molecule has 0 atom stereocenters. The highest BCUT2D eigenvalue weighted by atomic mass is 79.9. The summed E-state index contributed by atoms with van der Waals surface area (Å²) in [7, 11) is 0. The van der Waals surface area contributed by atoms with Crippen LogP contribution < -0.4 is 0 Å². The van der Waals surface area contributed by atoms with Crippen LogP contribution in [0.4, 0.5) is 0 Å². The van der Waals surface area contributed by atoms with Gasteiger partial charge in [0.15, 0.2) is 12.0 Å². The van der Waals surface area contributed by atoms with Crippen LogP contribution in [0.2, 0.25) is 0 Å². The third-order valence-electron chi connectivity index (χ3n) is 1.55. The molecule has 108 valence electrons. The number of aromatic nitrogens is 1. The molecule has 0 N–H and O–H groups in total. The number of rotatable bonds is 3. The van der Waals surface area contributed by atoms with E-state index in [2.05, 4.69) is 20.9 Å². The molecule has 0 unspecified atom stereocenters. The molecule has 1 aromatic heterocycles. The van der Waals surface area contributed by atoms with Gasteiger partial charge in [0, 0.05) is 16.2 Å². The fraction of sp³-hybridized carbons (Fsp3) is 0.500. The molecule has 19 heavy (non-hydrogen) atoms. The summed E-state index contributed by atoms with van der Waals surface area (Å²) >= 11 is 3.16. The van der Waals surface area contributed by atoms with Gasteiger partial charge < -0.3 is 4.74 Å². The van der Waals surface area contributed by atoms with Gasteiger partial charge in [0.05, 0.1) is 6.10 Å². The Hall–Kier alpha value is -1.23. The molecule has 0 aliphatic rings. The quantitative estimate of drug-likeness (QED) is 0.612. The molecule has 0 aliphatic heterocycles. The molecule has 0 saturated carbocycles. The second kappa shape index (κ2) is 11.8. The van der Waals surface area contributed by atoms with Crippen LogP contribution in [0.25, 0.3) is 0 Å². The summed E-state index contributed by atoms with van der Waals surface area (Å²) < 4.78 is 5.59. The Morgan fingerprint density at radius 2 is 1.84 bits per heavy atom. The van der Waals surface area contributed by atoms with E-state index in [0.717, 1.165) is 0 Å². The highest BCUT2D eigenvalue weighted by Gasteiger charge is 2.15. The third kappa shape index (κ3) is 7.72. The minimum atomic E-state index is -0.584. The SMILES string of the molecule is CC.CC.CC(C)OC(=O)c1ncc(Br)cc1C=O. The Morgan fingerprint density at radius 1 is 1.32 bits per heavy atom. The predicted molar refractivity (Wildman–Crippen MR) is 80.6 cm³/mol. The largest absolute Gasteiger partial charge is 0.458 e. The maximum atomic E-state index is 11.5. The molecule has 0 fully saturated rings. The van der Waals surface area contributed by atoms with Gasteiger partial charge in [-0.15, -0.1) is 0 Å². The molecule has 1 aromatic rings. The van der Waals surface area contributed by atoms with Crippen molar-refractivity contribution in [3.63, 3.8) is 0 Å². The van der Waals surface area contributed by atoms with Crippen molar-refractivity contribution >= 4 is 28.2 Å². The lowest BCUT2D eigenvalue weighted by Crippen LogP contribution is -2.15. The summed E-state index contributed by atoms with van der Waals surface area (Å²) in [5.41, 5.74) is 0.261. The predicted octanol–water partition coefficient (Wildman–Crippen LogP) is 4.27. The maximum absolute atomic E-state index is 11.5. The van der Waals surface area contributed by atoms with Crippen LogP contribution >= 0.6 is 15.9 Å². The van der Waals surface area contributed by atoms with Crippen molar-refractivity contribution in [3.05, 3.63) is 28.0 Å². The molecule has 0 spiro atoms. The van der Waals surface area contributed by atoms with E-state index < -0.39 is 5.97 Å². The number of hydrogen-bond acceptors (Lipinski definition) is 4. The molecule has 4 nitrogen and oxygen atoms in total. The van der Waals surface area contributed by atoms with Gasteiger partial charge in [-0.1, -0.05) is 27.7 Å². The van der Waals surface area contributed by atoms with E-state index in [0.29, 0.717) is 10.8 Å². The monoisotopic (exact) mass is 331 g/mol. The second-order valence-corrected chi connectivity index (χ2v) is 4.08. The topological polar surface area (TPSA) is 56.3 Å². The molecule has 0 saturated heterocycles. The second-order valence-electron chi connectivity index (χ2n) is 3.16. The minimum absolute atomic E-state index is 0.0434. The number of ether oxygens (including phenoxy) is 1. The molecule has 5 heteroatoms. The molecule has 1 heterocycles. The first-order valence-corrected chi connectivity index (χ1v) is 7.15. The molecule has 0 radical (unpaired) electrons. The fourth-order valence-corrected chi connectivity index (χ4v) is 1.33. The highest BCUT2D eigenvalue weighted by Crippen LogP contribution is 2.13. The van der Waals surface area contributed by atoms with Gasteiger partial charge in [0.25, 0.3) is 0 Å². The number of pyridine rings is 1. The molecule has 0 amide bonds. The molecular weight excluding hydrogens is 310 g/mol. The van der Waals surface area contributed by atoms with Crippen molar-refractivity contribution in [1.82, 2.24) is 4.98 Å². The lowest BCUT2D eigenvalue weighted by Gasteiger charge is -2.08. The Kier molecular flexibility index (Phi) is 12.5. The average Bonchev–Trinajstić information content (AvgIpc) is 2.42. The van der Waals surface area contributed by atoms with Gasteiger partial charge in [-0.05, 0) is 35.8 Å². The normalized spacial score (nSPS) is 8.63. The number of nitrogens with zero attached hydrogens (tertiary/aromatic N) is 1. The van der Waals surface area contributed by atoms with Crippen LogP contribution in [0.15, 0.2) is 16.7 Å². The minimum Gasteiger partial charge on any atom is -0.458 e. The molecular formula is C14H22BrNO3. The zero-order valence-electron chi connectivity index (χ0n) is 12.4. The number of esters is 1. The van der Waals surface area contributed by atoms with E-state index in [4.69, 9.17) is 4.74 Å². The van der Waals surface area contributed by atoms with Crippen LogP contribution in [-0.2, 0) is 4.74 Å². The molecule has 0 aliphatic carbocycles. The van der Waals surface area contributed by atoms with Crippen LogP contribution in [-0.4, -0.2) is 23.3 Å². The van der Waals surface area contributed by atoms with Crippen molar-refractivity contribution in [1.29, 1.82) is 0 Å². The van der Waals surface area contributed by atoms with Crippen molar-refractivity contribution in [2.24, 2.45) is 0 Å². The van der Waals surface area contributed by atoms with E-state index in [-0.39, 0.29) is 17.4 Å². The van der Waals surface area contributed by atoms with Crippen LogP contribution in [0.3, 0.4) is 0 Å². The summed E-state index contributed by atoms with van der Waals surface area (Å²) in [6, 6.07) is 1.52. The lowest BCUT2D eigenvalue weighted by molar-refractivity contribution is 0.0369. The molecule has 1 rings (SSSR count). The third-order valence-corrected chi connectivity index (χ3v) is 1.98. The number of carbonyl (C=O) groups is 2. The van der Waals surface area contributed by atoms with E-state index in [9.17, 15) is 9.59 Å². The Morgan fingerprint density at radius 3 is 2.26 bits per heavy atom. The Labute approximate surface area is 123 Å². The summed E-state index contributed by atoms with van der Waals surface area (Å²) in [6.45, 7) is 11.5. The van der Waals surface area contributed by atoms with Gasteiger partial charge >= 0.3 is 5.97 Å². The summed E-state index contributed by atoms with van der Waals surface area (Å²) in [5, 5.41) is 0. The number of aldehydes is 1. The van der Waals surface area contributed by atoms with E-state index in [1.165, 1.54) is 12.3 Å². The Balaban J connectivity index is 0. The van der Waals surface area contributed by atoms with Crippen molar-refractivity contribution in [3.8, 4) is 0 Å². The smallest absolute Gasteiger partial charge is 0.357 e. The number of halogens is 1. The van der Waals surface area contributed by atoms with Crippen LogP contribution in [0.1, 0.15) is 62.4 Å². The van der Waals surface area contributed by atoms with E-state index in [1.807, 2.05) is 27.7 Å². The first-order valence-electron chi connectivity index (χ1n) is 6.36. The maximum Gasteiger partial charge on any atom is 0.357 e. The van der Waals surface area contributed by atoms with Gasteiger partial charge in [-0.2, -0.15) is 0 Å². The highest BCUT2D eigenvalue weighted by molar-refractivity contribution is 9.10. The average molecular weight is 332 g/mol. The number of hydrogen-bond donors (Lipinski definition) is 0. The van der Waals surface area contributed by atoms with Crippen LogP contribution in [0, 0.1) is 0 Å². The zero-order valence-corrected chi connectivity index (χ0v) is 13.9. The summed E-state index contributed by atoms with van der Waals surface area (Å²) in [4.78, 5) is 26.0. The first-order chi connectivity index (χ1) is 9.04. The van der Waals surface area contributed by atoms with Crippen molar-refractivity contribution in [2.75, 3.05) is 0 Å². The van der Waals surface area contributed by atoms with Crippen LogP contribution in [0.5, 0.6) is 0 Å². The number of carbonyl (C=O) groups excluding carboxylic acids is 2. The van der Waals surface area contributed by atoms with E-state index >= 15 is 0 Å². The zero-order chi connectivity index (χ0) is 15.4. The molecule has 0 aromatic carbocycles. The van der Waals surface area contributed by atoms with Gasteiger partial charge in [-0.25, -0.2) is 9.78 Å². The summed E-state index contributed by atoms with van der Waals surface area (Å²) in [6.07, 6.45) is 1.79. The van der Waals surface area contributed by atoms with Crippen molar-refractivity contribution < 1.29 is 14.3 Å². The summed E-state index contributed by atoms with van der Waals surface area (Å²) in [5.74, 6) is -0.584. The standard InChI is InChI=1S/C10H10BrNO3.2C2H6/c1-6(2)15-10(14)9-7(5-13)3-8(11)4-12-9;2*1-2/h3-6H,1-2H3;2*1-2H3. The van der Waals surface area contributed by atoms with Gasteiger partial charge in [0.2, 0.25) is 0 Å². The molecule has 0 bridgehead atoms. The van der Waals surface area contributed by atoms with Crippen molar-refractivity contribution in [2.45, 2.75) is 47.6 Å². The van der Waals surface area contributed by atoms with Gasteiger partial charge in [-0.3, -0.25) is 4.79 Å². The fourth-order valence-electron chi connectivity index (χ4n) is 0.985. The Bertz CT molecular complexity index is 392. The lowest BCUT2D eigenvalue weighted by atomic mass is 10.2. The van der Waals surface area contributed by atoms with Gasteiger partial charge in [0.1, 0.15) is 0 Å².